The van der Waals surface area contributed by atoms with Crippen molar-refractivity contribution in [3.63, 3.8) is 0 Å². The third-order valence-electron chi connectivity index (χ3n) is 5.50. The van der Waals surface area contributed by atoms with Crippen LogP contribution in [0.25, 0.3) is 0 Å². The molecule has 1 N–H and O–H groups in total. The van der Waals surface area contributed by atoms with E-state index in [0.29, 0.717) is 36.9 Å². The quantitative estimate of drug-likeness (QED) is 0.513. The van der Waals surface area contributed by atoms with Crippen molar-refractivity contribution in [1.82, 2.24) is 10.2 Å². The van der Waals surface area contributed by atoms with Gasteiger partial charge in [-0.05, 0) is 18.1 Å². The highest BCUT2D eigenvalue weighted by molar-refractivity contribution is 5.95. The number of nitro benzene ring substituents is 1. The molecule has 0 radical (unpaired) electrons. The van der Waals surface area contributed by atoms with Crippen LogP contribution in [0.5, 0.6) is 0 Å². The molecular formula is C20H32N4O4. The van der Waals surface area contributed by atoms with Crippen molar-refractivity contribution in [2.24, 2.45) is 5.92 Å². The summed E-state index contributed by atoms with van der Waals surface area (Å²) >= 11 is 0. The molecule has 1 unspecified atom stereocenters. The average molecular weight is 393 g/mol. The van der Waals surface area contributed by atoms with Crippen LogP contribution in [0, 0.1) is 16.0 Å². The van der Waals surface area contributed by atoms with E-state index in [1.165, 1.54) is 6.07 Å². The van der Waals surface area contributed by atoms with Gasteiger partial charge in [0.25, 0.3) is 11.6 Å². The van der Waals surface area contributed by atoms with Crippen LogP contribution >= 0.6 is 0 Å². The fourth-order valence-electron chi connectivity index (χ4n) is 3.82. The number of anilines is 1. The maximum Gasteiger partial charge on any atom is 0.293 e. The number of carbonyl (C=O) groups excluding carboxylic acids is 1. The molecule has 1 amide bonds. The third kappa shape index (κ3) is 5.42. The van der Waals surface area contributed by atoms with Crippen molar-refractivity contribution in [2.75, 3.05) is 51.8 Å². The van der Waals surface area contributed by atoms with Crippen LogP contribution in [0.4, 0.5) is 11.4 Å². The lowest BCUT2D eigenvalue weighted by Crippen LogP contribution is -2.52. The van der Waals surface area contributed by atoms with E-state index >= 15 is 0 Å². The minimum atomic E-state index is -0.452. The summed E-state index contributed by atoms with van der Waals surface area (Å²) in [6, 6.07) is 4.84. The first kappa shape index (κ1) is 22.1. The second-order valence-corrected chi connectivity index (χ2v) is 7.36. The van der Waals surface area contributed by atoms with Crippen molar-refractivity contribution < 1.29 is 14.5 Å². The number of benzene rings is 1. The Morgan fingerprint density at radius 3 is 2.46 bits per heavy atom. The van der Waals surface area contributed by atoms with Gasteiger partial charge in [0.2, 0.25) is 0 Å². The lowest BCUT2D eigenvalue weighted by Gasteiger charge is -2.38. The van der Waals surface area contributed by atoms with Gasteiger partial charge in [0.1, 0.15) is 5.69 Å². The largest absolute Gasteiger partial charge is 0.379 e. The number of amides is 1. The SMILES string of the molecule is CCC(CC)C(CNC(=O)c1ccc(N(C)C)c([N+](=O)[O-])c1)N1CCOCC1. The van der Waals surface area contributed by atoms with Gasteiger partial charge in [-0.25, -0.2) is 0 Å². The zero-order chi connectivity index (χ0) is 20.7. The maximum absolute atomic E-state index is 12.7. The Labute approximate surface area is 167 Å². The first-order valence-corrected chi connectivity index (χ1v) is 9.94. The average Bonchev–Trinajstić information content (AvgIpc) is 2.70. The summed E-state index contributed by atoms with van der Waals surface area (Å²) in [6.45, 7) is 8.01. The minimum absolute atomic E-state index is 0.0672. The lowest BCUT2D eigenvalue weighted by molar-refractivity contribution is -0.384. The van der Waals surface area contributed by atoms with Gasteiger partial charge in [-0.15, -0.1) is 0 Å². The summed E-state index contributed by atoms with van der Waals surface area (Å²) in [7, 11) is 3.48. The van der Waals surface area contributed by atoms with Gasteiger partial charge < -0.3 is 15.0 Å². The predicted octanol–water partition coefficient (Wildman–Crippen LogP) is 2.53. The predicted molar refractivity (Wildman–Crippen MR) is 110 cm³/mol. The van der Waals surface area contributed by atoms with Crippen LogP contribution in [0.15, 0.2) is 18.2 Å². The first-order valence-electron chi connectivity index (χ1n) is 9.94. The van der Waals surface area contributed by atoms with Crippen molar-refractivity contribution in [3.05, 3.63) is 33.9 Å². The molecule has 1 aliphatic heterocycles. The summed E-state index contributed by atoms with van der Waals surface area (Å²) < 4.78 is 5.46. The standard InChI is InChI=1S/C20H32N4O4/c1-5-15(6-2)19(23-9-11-28-12-10-23)14-21-20(25)16-7-8-17(22(3)4)18(13-16)24(26)27/h7-8,13,15,19H,5-6,9-12,14H2,1-4H3,(H,21,25). The van der Waals surface area contributed by atoms with Crippen molar-refractivity contribution in [1.29, 1.82) is 0 Å². The van der Waals surface area contributed by atoms with Crippen LogP contribution in [-0.2, 0) is 4.74 Å². The normalized spacial score (nSPS) is 16.0. The molecule has 8 nitrogen and oxygen atoms in total. The van der Waals surface area contributed by atoms with Crippen molar-refractivity contribution in [3.8, 4) is 0 Å². The van der Waals surface area contributed by atoms with Gasteiger partial charge in [0.15, 0.2) is 0 Å². The van der Waals surface area contributed by atoms with Crippen molar-refractivity contribution >= 4 is 17.3 Å². The second-order valence-electron chi connectivity index (χ2n) is 7.36. The minimum Gasteiger partial charge on any atom is -0.379 e. The Bertz CT molecular complexity index is 670. The summed E-state index contributed by atoms with van der Waals surface area (Å²) in [5.74, 6) is 0.196. The number of nitro groups is 1. The first-order chi connectivity index (χ1) is 13.4. The molecule has 1 heterocycles. The molecule has 1 atom stereocenters. The maximum atomic E-state index is 12.7. The van der Waals surface area contributed by atoms with E-state index in [4.69, 9.17) is 4.74 Å². The molecule has 1 saturated heterocycles. The van der Waals surface area contributed by atoms with E-state index in [9.17, 15) is 14.9 Å². The van der Waals surface area contributed by atoms with Crippen LogP contribution in [-0.4, -0.2) is 68.7 Å². The zero-order valence-electron chi connectivity index (χ0n) is 17.3. The molecule has 156 valence electrons. The van der Waals surface area contributed by atoms with E-state index in [1.54, 1.807) is 31.1 Å². The monoisotopic (exact) mass is 392 g/mol. The Morgan fingerprint density at radius 1 is 1.29 bits per heavy atom. The molecule has 0 aliphatic carbocycles. The summed E-state index contributed by atoms with van der Waals surface area (Å²) in [4.78, 5) is 27.7. The molecule has 1 aromatic rings. The van der Waals surface area contributed by atoms with E-state index in [0.717, 1.165) is 25.9 Å². The van der Waals surface area contributed by atoms with E-state index in [1.807, 2.05) is 0 Å². The van der Waals surface area contributed by atoms with Crippen LogP contribution in [0.3, 0.4) is 0 Å². The van der Waals surface area contributed by atoms with Crippen LogP contribution < -0.4 is 10.2 Å². The highest BCUT2D eigenvalue weighted by atomic mass is 16.6. The molecule has 1 aromatic carbocycles. The van der Waals surface area contributed by atoms with Gasteiger partial charge in [0, 0.05) is 51.4 Å². The van der Waals surface area contributed by atoms with Crippen LogP contribution in [0.2, 0.25) is 0 Å². The molecule has 1 fully saturated rings. The van der Waals surface area contributed by atoms with Gasteiger partial charge in [-0.1, -0.05) is 26.7 Å². The van der Waals surface area contributed by atoms with Crippen molar-refractivity contribution in [2.45, 2.75) is 32.7 Å². The van der Waals surface area contributed by atoms with E-state index in [2.05, 4.69) is 24.1 Å². The highest BCUT2D eigenvalue weighted by Gasteiger charge is 2.27. The molecule has 0 spiro atoms. The van der Waals surface area contributed by atoms with Crippen LogP contribution in [0.1, 0.15) is 37.0 Å². The number of nitrogens with zero attached hydrogens (tertiary/aromatic N) is 3. The summed E-state index contributed by atoms with van der Waals surface area (Å²) in [5.41, 5.74) is 0.717. The lowest BCUT2D eigenvalue weighted by atomic mass is 9.92. The molecule has 0 aromatic heterocycles. The molecule has 1 aliphatic rings. The van der Waals surface area contributed by atoms with Gasteiger partial charge in [-0.3, -0.25) is 19.8 Å². The number of morpholine rings is 1. The Morgan fingerprint density at radius 2 is 1.93 bits per heavy atom. The summed E-state index contributed by atoms with van der Waals surface area (Å²) in [5, 5.41) is 14.4. The number of hydrogen-bond acceptors (Lipinski definition) is 6. The molecule has 8 heteroatoms. The smallest absolute Gasteiger partial charge is 0.293 e. The molecular weight excluding hydrogens is 360 g/mol. The Balaban J connectivity index is 2.13. The second kappa shape index (κ2) is 10.4. The van der Waals surface area contributed by atoms with Gasteiger partial charge in [0.05, 0.1) is 18.1 Å². The number of ether oxygens (including phenoxy) is 1. The fourth-order valence-corrected chi connectivity index (χ4v) is 3.82. The van der Waals surface area contributed by atoms with Gasteiger partial charge in [-0.2, -0.15) is 0 Å². The number of hydrogen-bond donors (Lipinski definition) is 1. The zero-order valence-corrected chi connectivity index (χ0v) is 17.3. The number of nitrogens with one attached hydrogen (secondary N) is 1. The molecule has 2 rings (SSSR count). The van der Waals surface area contributed by atoms with E-state index < -0.39 is 4.92 Å². The van der Waals surface area contributed by atoms with E-state index in [-0.39, 0.29) is 17.6 Å². The fraction of sp³-hybridized carbons (Fsp3) is 0.650. The molecule has 0 saturated carbocycles. The topological polar surface area (TPSA) is 88.0 Å². The molecule has 28 heavy (non-hydrogen) atoms. The number of rotatable bonds is 9. The highest BCUT2D eigenvalue weighted by Crippen LogP contribution is 2.27. The Kier molecular flexibility index (Phi) is 8.19. The molecule has 0 bridgehead atoms. The summed E-state index contributed by atoms with van der Waals surface area (Å²) in [6.07, 6.45) is 2.08. The third-order valence-corrected chi connectivity index (χ3v) is 5.50. The number of carbonyl (C=O) groups is 1. The van der Waals surface area contributed by atoms with Gasteiger partial charge >= 0.3 is 0 Å². The Hall–Kier alpha value is -2.19.